The Bertz CT molecular complexity index is 1140. The second-order valence-corrected chi connectivity index (χ2v) is 9.29. The molecule has 182 valence electrons. The van der Waals surface area contributed by atoms with E-state index < -0.39 is 0 Å². The summed E-state index contributed by atoms with van der Waals surface area (Å²) < 4.78 is 6.57. The number of tetrazole rings is 1. The number of hydrogen-bond acceptors (Lipinski definition) is 10. The molecule has 0 spiro atoms. The summed E-state index contributed by atoms with van der Waals surface area (Å²) in [4.78, 5) is 34.9. The zero-order valence-electron chi connectivity index (χ0n) is 19.8. The van der Waals surface area contributed by atoms with E-state index in [1.54, 1.807) is 18.7 Å². The van der Waals surface area contributed by atoms with Gasteiger partial charge in [-0.1, -0.05) is 31.1 Å². The second kappa shape index (κ2) is 10.9. The third-order valence-corrected chi connectivity index (χ3v) is 7.11. The van der Waals surface area contributed by atoms with E-state index >= 15 is 0 Å². The Labute approximate surface area is 202 Å². The van der Waals surface area contributed by atoms with Gasteiger partial charge in [0.1, 0.15) is 4.88 Å². The highest BCUT2D eigenvalue weighted by atomic mass is 32.1. The first-order chi connectivity index (χ1) is 16.5. The molecule has 1 amide bonds. The van der Waals surface area contributed by atoms with Crippen molar-refractivity contribution in [2.45, 2.75) is 52.9 Å². The molecule has 0 radical (unpaired) electrons. The van der Waals surface area contributed by atoms with Gasteiger partial charge in [0.05, 0.1) is 12.3 Å². The molecule has 34 heavy (non-hydrogen) atoms. The molecule has 0 unspecified atom stereocenters. The lowest BCUT2D eigenvalue weighted by atomic mass is 9.95. The number of fused-ring (bicyclic) bond motifs is 1. The van der Waals surface area contributed by atoms with Crippen LogP contribution in [-0.2, 0) is 9.53 Å². The lowest BCUT2D eigenvalue weighted by molar-refractivity contribution is -0.123. The molecule has 12 heteroatoms. The van der Waals surface area contributed by atoms with Crippen LogP contribution in [0.4, 0.5) is 10.9 Å². The molecule has 0 aromatic carbocycles. The summed E-state index contributed by atoms with van der Waals surface area (Å²) in [6, 6.07) is 3.74. The van der Waals surface area contributed by atoms with E-state index in [0.29, 0.717) is 60.4 Å². The maximum Gasteiger partial charge on any atom is 0.350 e. The average Bonchev–Trinajstić information content (AvgIpc) is 3.47. The lowest BCUT2D eigenvalue weighted by Gasteiger charge is -2.34. The normalized spacial score (nSPS) is 14.5. The number of anilines is 2. The van der Waals surface area contributed by atoms with Crippen molar-refractivity contribution in [3.05, 3.63) is 22.7 Å². The average molecular weight is 487 g/mol. The number of ether oxygens (including phenoxy) is 1. The van der Waals surface area contributed by atoms with Crippen LogP contribution in [0, 0.1) is 12.8 Å². The van der Waals surface area contributed by atoms with Crippen molar-refractivity contribution in [1.29, 1.82) is 0 Å². The zero-order valence-corrected chi connectivity index (χ0v) is 20.6. The van der Waals surface area contributed by atoms with Gasteiger partial charge in [-0.25, -0.2) is 9.78 Å². The Balaban J connectivity index is 1.46. The molecule has 0 N–H and O–H groups in total. The largest absolute Gasteiger partial charge is 0.462 e. The Morgan fingerprint density at radius 1 is 1.21 bits per heavy atom. The van der Waals surface area contributed by atoms with E-state index in [9.17, 15) is 9.59 Å². The molecule has 1 aliphatic heterocycles. The van der Waals surface area contributed by atoms with Crippen LogP contribution in [0.1, 0.15) is 61.3 Å². The summed E-state index contributed by atoms with van der Waals surface area (Å²) >= 11 is 1.24. The molecule has 3 aromatic heterocycles. The zero-order chi connectivity index (χ0) is 24.1. The molecule has 1 fully saturated rings. The van der Waals surface area contributed by atoms with Crippen LogP contribution in [0.25, 0.3) is 5.65 Å². The monoisotopic (exact) mass is 486 g/mol. The number of unbranched alkanes of at least 4 members (excludes halogenated alkanes) is 2. The molecule has 1 saturated heterocycles. The fourth-order valence-corrected chi connectivity index (χ4v) is 5.08. The van der Waals surface area contributed by atoms with Gasteiger partial charge in [0, 0.05) is 25.6 Å². The number of hydrogen-bond donors (Lipinski definition) is 0. The van der Waals surface area contributed by atoms with Crippen molar-refractivity contribution < 1.29 is 14.3 Å². The van der Waals surface area contributed by atoms with Crippen molar-refractivity contribution in [3.63, 3.8) is 0 Å². The predicted molar refractivity (Wildman–Crippen MR) is 128 cm³/mol. The number of rotatable bonds is 9. The summed E-state index contributed by atoms with van der Waals surface area (Å²) in [5.74, 6) is 0.374. The van der Waals surface area contributed by atoms with Gasteiger partial charge in [0.15, 0.2) is 16.6 Å². The van der Waals surface area contributed by atoms with Gasteiger partial charge in [-0.15, -0.1) is 14.8 Å². The first kappa shape index (κ1) is 24.0. The van der Waals surface area contributed by atoms with Crippen LogP contribution < -0.4 is 9.80 Å². The van der Waals surface area contributed by atoms with Gasteiger partial charge in [-0.3, -0.25) is 9.69 Å². The van der Waals surface area contributed by atoms with Crippen molar-refractivity contribution in [2.75, 3.05) is 36.0 Å². The molecule has 0 bridgehead atoms. The molecule has 0 atom stereocenters. The van der Waals surface area contributed by atoms with E-state index in [1.807, 2.05) is 12.1 Å². The smallest absolute Gasteiger partial charge is 0.350 e. The molecular formula is C22H30N8O3S. The minimum Gasteiger partial charge on any atom is -0.462 e. The number of amides is 1. The van der Waals surface area contributed by atoms with Crippen molar-refractivity contribution in [3.8, 4) is 0 Å². The first-order valence-electron chi connectivity index (χ1n) is 11.8. The van der Waals surface area contributed by atoms with Crippen LogP contribution in [0.2, 0.25) is 0 Å². The summed E-state index contributed by atoms with van der Waals surface area (Å²) in [5.41, 5.74) is 1.20. The van der Waals surface area contributed by atoms with E-state index in [2.05, 4.69) is 37.4 Å². The topological polar surface area (TPSA) is 119 Å². The number of aromatic nitrogens is 6. The van der Waals surface area contributed by atoms with Crippen molar-refractivity contribution in [1.82, 2.24) is 30.2 Å². The molecule has 0 aliphatic carbocycles. The third kappa shape index (κ3) is 5.16. The van der Waals surface area contributed by atoms with Gasteiger partial charge in [0.25, 0.3) is 0 Å². The van der Waals surface area contributed by atoms with E-state index in [4.69, 9.17) is 4.74 Å². The third-order valence-electron chi connectivity index (χ3n) is 5.95. The first-order valence-corrected chi connectivity index (χ1v) is 12.6. The number of carbonyl (C=O) groups is 2. The fraction of sp³-hybridized carbons (Fsp3) is 0.591. The highest BCUT2D eigenvalue weighted by Gasteiger charge is 2.32. The van der Waals surface area contributed by atoms with E-state index in [1.165, 1.54) is 16.0 Å². The Morgan fingerprint density at radius 2 is 2.00 bits per heavy atom. The number of thiazole rings is 1. The Kier molecular flexibility index (Phi) is 7.66. The van der Waals surface area contributed by atoms with E-state index in [0.717, 1.165) is 25.1 Å². The number of esters is 1. The molecule has 4 heterocycles. The summed E-state index contributed by atoms with van der Waals surface area (Å²) in [7, 11) is 0. The summed E-state index contributed by atoms with van der Waals surface area (Å²) in [6.07, 6.45) is 4.41. The SMILES string of the molecule is CCCCCN(C(=O)C1CCN(c2ccc3nnnn3n2)CC1)c1nc(C)c(C(=O)OCC)s1. The number of aryl methyl sites for hydroxylation is 1. The lowest BCUT2D eigenvalue weighted by Crippen LogP contribution is -2.43. The standard InChI is InChI=1S/C22H30N8O3S/c1-4-6-7-12-29(22-23-15(3)19(34-22)21(32)33-5-2)20(31)16-10-13-28(14-11-16)18-9-8-17-24-26-27-30(17)25-18/h8-9,16H,4-7,10-14H2,1-3H3. The predicted octanol–water partition coefficient (Wildman–Crippen LogP) is 2.90. The molecular weight excluding hydrogens is 456 g/mol. The van der Waals surface area contributed by atoms with Crippen LogP contribution in [0.15, 0.2) is 12.1 Å². The van der Waals surface area contributed by atoms with Gasteiger partial charge in [0.2, 0.25) is 5.91 Å². The number of carbonyl (C=O) groups excluding carboxylic acids is 2. The summed E-state index contributed by atoms with van der Waals surface area (Å²) in [6.45, 7) is 8.02. The quantitative estimate of drug-likeness (QED) is 0.332. The summed E-state index contributed by atoms with van der Waals surface area (Å²) in [5, 5.41) is 16.4. The highest BCUT2D eigenvalue weighted by molar-refractivity contribution is 7.17. The van der Waals surface area contributed by atoms with Crippen LogP contribution in [0.5, 0.6) is 0 Å². The maximum atomic E-state index is 13.6. The Morgan fingerprint density at radius 3 is 2.74 bits per heavy atom. The molecule has 11 nitrogen and oxygen atoms in total. The number of nitrogens with zero attached hydrogens (tertiary/aromatic N) is 8. The van der Waals surface area contributed by atoms with Crippen molar-refractivity contribution in [2.24, 2.45) is 5.92 Å². The molecule has 3 aromatic rings. The van der Waals surface area contributed by atoms with Crippen LogP contribution in [-0.4, -0.2) is 68.4 Å². The van der Waals surface area contributed by atoms with Crippen LogP contribution in [0.3, 0.4) is 0 Å². The van der Waals surface area contributed by atoms with Crippen LogP contribution >= 0.6 is 11.3 Å². The van der Waals surface area contributed by atoms with Gasteiger partial charge in [-0.2, -0.15) is 0 Å². The molecule has 4 rings (SSSR count). The maximum absolute atomic E-state index is 13.6. The van der Waals surface area contributed by atoms with Gasteiger partial charge >= 0.3 is 5.97 Å². The molecule has 0 saturated carbocycles. The highest BCUT2D eigenvalue weighted by Crippen LogP contribution is 2.31. The second-order valence-electron chi connectivity index (χ2n) is 8.31. The minimum atomic E-state index is -0.384. The Hall–Kier alpha value is -3.15. The minimum absolute atomic E-state index is 0.0730. The fourth-order valence-electron chi connectivity index (χ4n) is 4.09. The number of piperidine rings is 1. The van der Waals surface area contributed by atoms with E-state index in [-0.39, 0.29) is 17.8 Å². The van der Waals surface area contributed by atoms with Crippen molar-refractivity contribution >= 4 is 39.8 Å². The van der Waals surface area contributed by atoms with Gasteiger partial charge in [-0.05, 0) is 55.7 Å². The molecule has 1 aliphatic rings. The van der Waals surface area contributed by atoms with Gasteiger partial charge < -0.3 is 9.64 Å².